The van der Waals surface area contributed by atoms with Gasteiger partial charge in [-0.05, 0) is 13.8 Å². The number of nitrogens with one attached hydrogen (secondary N) is 2. The molecule has 0 aliphatic carbocycles. The molecule has 0 spiro atoms. The molecule has 100 valence electrons. The van der Waals surface area contributed by atoms with Crippen LogP contribution in [0.25, 0.3) is 0 Å². The highest BCUT2D eigenvalue weighted by Gasteiger charge is 2.20. The van der Waals surface area contributed by atoms with Crippen molar-refractivity contribution in [3.8, 4) is 0 Å². The van der Waals surface area contributed by atoms with Gasteiger partial charge in [-0.3, -0.25) is 9.69 Å². The molecule has 0 aromatic heterocycles. The second-order valence-corrected chi connectivity index (χ2v) is 5.08. The standard InChI is InChI=1S/C12H25N3O2/c1-12(2,17-3)10-11(16)14-6-9-15-7-4-13-5-8-15/h13H,4-10H2,1-3H3,(H,14,16). The molecule has 5 heteroatoms. The van der Waals surface area contributed by atoms with Crippen LogP contribution in [-0.4, -0.2) is 62.8 Å². The molecule has 5 nitrogen and oxygen atoms in total. The Bertz CT molecular complexity index is 238. The summed E-state index contributed by atoms with van der Waals surface area (Å²) in [4.78, 5) is 14.0. The Morgan fingerprint density at radius 1 is 1.41 bits per heavy atom. The van der Waals surface area contributed by atoms with E-state index in [0.717, 1.165) is 39.3 Å². The Labute approximate surface area is 104 Å². The number of hydrogen-bond acceptors (Lipinski definition) is 4. The first-order valence-corrected chi connectivity index (χ1v) is 6.28. The first-order valence-electron chi connectivity index (χ1n) is 6.28. The van der Waals surface area contributed by atoms with Crippen LogP contribution in [0, 0.1) is 0 Å². The van der Waals surface area contributed by atoms with Crippen LogP contribution >= 0.6 is 0 Å². The molecule has 1 amide bonds. The van der Waals surface area contributed by atoms with Gasteiger partial charge in [-0.15, -0.1) is 0 Å². The van der Waals surface area contributed by atoms with E-state index < -0.39 is 0 Å². The second-order valence-electron chi connectivity index (χ2n) is 5.08. The third-order valence-corrected chi connectivity index (χ3v) is 3.10. The maximum atomic E-state index is 11.6. The Morgan fingerprint density at radius 2 is 2.06 bits per heavy atom. The zero-order valence-electron chi connectivity index (χ0n) is 11.2. The third kappa shape index (κ3) is 6.00. The molecule has 1 saturated heterocycles. The Hall–Kier alpha value is -0.650. The largest absolute Gasteiger partial charge is 0.378 e. The highest BCUT2D eigenvalue weighted by Crippen LogP contribution is 2.11. The molecule has 0 radical (unpaired) electrons. The Kier molecular flexibility index (Phi) is 5.88. The van der Waals surface area contributed by atoms with Crippen molar-refractivity contribution in [3.05, 3.63) is 0 Å². The Balaban J connectivity index is 2.11. The minimum Gasteiger partial charge on any atom is -0.378 e. The number of amides is 1. The summed E-state index contributed by atoms with van der Waals surface area (Å²) in [6, 6.07) is 0. The van der Waals surface area contributed by atoms with Crippen molar-refractivity contribution in [2.45, 2.75) is 25.9 Å². The van der Waals surface area contributed by atoms with Gasteiger partial charge < -0.3 is 15.4 Å². The van der Waals surface area contributed by atoms with Crippen LogP contribution in [0.5, 0.6) is 0 Å². The SMILES string of the molecule is COC(C)(C)CC(=O)NCCN1CCNCC1. The van der Waals surface area contributed by atoms with Gasteiger partial charge in [-0.25, -0.2) is 0 Å². The number of piperazine rings is 1. The number of carbonyl (C=O) groups excluding carboxylic acids is 1. The minimum atomic E-state index is -0.376. The van der Waals surface area contributed by atoms with Crippen LogP contribution in [0.2, 0.25) is 0 Å². The maximum Gasteiger partial charge on any atom is 0.222 e. The van der Waals surface area contributed by atoms with Crippen LogP contribution in [0.1, 0.15) is 20.3 Å². The van der Waals surface area contributed by atoms with E-state index in [1.54, 1.807) is 7.11 Å². The van der Waals surface area contributed by atoms with E-state index in [0.29, 0.717) is 6.42 Å². The number of rotatable bonds is 6. The third-order valence-electron chi connectivity index (χ3n) is 3.10. The fourth-order valence-corrected chi connectivity index (χ4v) is 1.81. The van der Waals surface area contributed by atoms with Gasteiger partial charge >= 0.3 is 0 Å². The first kappa shape index (κ1) is 14.4. The molecule has 0 unspecified atom stereocenters. The van der Waals surface area contributed by atoms with Crippen molar-refractivity contribution in [2.24, 2.45) is 0 Å². The fraction of sp³-hybridized carbons (Fsp3) is 0.917. The summed E-state index contributed by atoms with van der Waals surface area (Å²) in [5.41, 5.74) is -0.376. The predicted octanol–water partition coefficient (Wildman–Crippen LogP) is -0.177. The van der Waals surface area contributed by atoms with Crippen molar-refractivity contribution in [3.63, 3.8) is 0 Å². The molecule has 0 atom stereocenters. The highest BCUT2D eigenvalue weighted by atomic mass is 16.5. The van der Waals surface area contributed by atoms with Crippen molar-refractivity contribution in [2.75, 3.05) is 46.4 Å². The number of methoxy groups -OCH3 is 1. The topological polar surface area (TPSA) is 53.6 Å². The second kappa shape index (κ2) is 6.93. The zero-order chi connectivity index (χ0) is 12.7. The summed E-state index contributed by atoms with van der Waals surface area (Å²) in [6.07, 6.45) is 0.408. The van der Waals surface area contributed by atoms with E-state index in [9.17, 15) is 4.79 Å². The number of ether oxygens (including phenoxy) is 1. The van der Waals surface area contributed by atoms with Gasteiger partial charge in [0.25, 0.3) is 0 Å². The molecule has 0 bridgehead atoms. The number of carbonyl (C=O) groups is 1. The lowest BCUT2D eigenvalue weighted by Gasteiger charge is -2.27. The molecule has 2 N–H and O–H groups in total. The summed E-state index contributed by atoms with van der Waals surface area (Å²) in [5, 5.41) is 6.25. The van der Waals surface area contributed by atoms with E-state index in [2.05, 4.69) is 15.5 Å². The molecule has 17 heavy (non-hydrogen) atoms. The molecular formula is C12H25N3O2. The zero-order valence-corrected chi connectivity index (χ0v) is 11.2. The molecule has 0 aromatic carbocycles. The summed E-state index contributed by atoms with van der Waals surface area (Å²) >= 11 is 0. The van der Waals surface area contributed by atoms with Crippen LogP contribution in [-0.2, 0) is 9.53 Å². The summed E-state index contributed by atoms with van der Waals surface area (Å²) < 4.78 is 5.23. The molecule has 1 aliphatic rings. The van der Waals surface area contributed by atoms with Gasteiger partial charge in [-0.2, -0.15) is 0 Å². The lowest BCUT2D eigenvalue weighted by Crippen LogP contribution is -2.46. The fourth-order valence-electron chi connectivity index (χ4n) is 1.81. The lowest BCUT2D eigenvalue weighted by molar-refractivity contribution is -0.126. The van der Waals surface area contributed by atoms with E-state index in [1.807, 2.05) is 13.8 Å². The average molecular weight is 243 g/mol. The monoisotopic (exact) mass is 243 g/mol. The smallest absolute Gasteiger partial charge is 0.222 e. The molecule has 1 aliphatic heterocycles. The molecule has 0 saturated carbocycles. The quantitative estimate of drug-likeness (QED) is 0.680. The molecular weight excluding hydrogens is 218 g/mol. The summed E-state index contributed by atoms with van der Waals surface area (Å²) in [5.74, 6) is 0.0620. The van der Waals surface area contributed by atoms with Crippen molar-refractivity contribution < 1.29 is 9.53 Å². The summed E-state index contributed by atoms with van der Waals surface area (Å²) in [7, 11) is 1.63. The van der Waals surface area contributed by atoms with Gasteiger partial charge in [0.1, 0.15) is 0 Å². The normalized spacial score (nSPS) is 18.1. The molecule has 0 aromatic rings. The minimum absolute atomic E-state index is 0.0620. The van der Waals surface area contributed by atoms with Gasteiger partial charge in [-0.1, -0.05) is 0 Å². The van der Waals surface area contributed by atoms with E-state index >= 15 is 0 Å². The van der Waals surface area contributed by atoms with Crippen LogP contribution in [0.15, 0.2) is 0 Å². The van der Waals surface area contributed by atoms with Gasteiger partial charge in [0, 0.05) is 46.4 Å². The molecule has 1 heterocycles. The van der Waals surface area contributed by atoms with Crippen LogP contribution in [0.3, 0.4) is 0 Å². The van der Waals surface area contributed by atoms with Crippen molar-refractivity contribution in [1.82, 2.24) is 15.5 Å². The van der Waals surface area contributed by atoms with E-state index in [1.165, 1.54) is 0 Å². The van der Waals surface area contributed by atoms with Crippen LogP contribution < -0.4 is 10.6 Å². The summed E-state index contributed by atoms with van der Waals surface area (Å²) in [6.45, 7) is 9.72. The first-order chi connectivity index (χ1) is 8.03. The average Bonchev–Trinajstić information content (AvgIpc) is 2.30. The van der Waals surface area contributed by atoms with Crippen LogP contribution in [0.4, 0.5) is 0 Å². The lowest BCUT2D eigenvalue weighted by atomic mass is 10.1. The Morgan fingerprint density at radius 3 is 2.65 bits per heavy atom. The number of hydrogen-bond donors (Lipinski definition) is 2. The predicted molar refractivity (Wildman–Crippen MR) is 68.0 cm³/mol. The van der Waals surface area contributed by atoms with Gasteiger partial charge in [0.15, 0.2) is 0 Å². The maximum absolute atomic E-state index is 11.6. The number of nitrogens with zero attached hydrogens (tertiary/aromatic N) is 1. The highest BCUT2D eigenvalue weighted by molar-refractivity contribution is 5.76. The van der Waals surface area contributed by atoms with Crippen molar-refractivity contribution >= 4 is 5.91 Å². The molecule has 1 fully saturated rings. The van der Waals surface area contributed by atoms with Gasteiger partial charge in [0.05, 0.1) is 12.0 Å². The van der Waals surface area contributed by atoms with Gasteiger partial charge in [0.2, 0.25) is 5.91 Å². The van der Waals surface area contributed by atoms with E-state index in [-0.39, 0.29) is 11.5 Å². The van der Waals surface area contributed by atoms with Crippen molar-refractivity contribution in [1.29, 1.82) is 0 Å². The van der Waals surface area contributed by atoms with E-state index in [4.69, 9.17) is 4.74 Å². The molecule has 1 rings (SSSR count).